The fourth-order valence-electron chi connectivity index (χ4n) is 2.85. The zero-order valence-electron chi connectivity index (χ0n) is 11.3. The van der Waals surface area contributed by atoms with Crippen LogP contribution in [-0.4, -0.2) is 33.3 Å². The first kappa shape index (κ1) is 12.6. The lowest BCUT2D eigenvalue weighted by atomic mass is 9.90. The van der Waals surface area contributed by atoms with E-state index in [1.165, 1.54) is 17.7 Å². The van der Waals surface area contributed by atoms with Gasteiger partial charge in [-0.2, -0.15) is 5.10 Å². The molecule has 1 aromatic heterocycles. The summed E-state index contributed by atoms with van der Waals surface area (Å²) in [5, 5.41) is 4.35. The van der Waals surface area contributed by atoms with Gasteiger partial charge in [0.05, 0.1) is 12.2 Å². The molecule has 0 radical (unpaired) electrons. The van der Waals surface area contributed by atoms with E-state index < -0.39 is 0 Å². The Morgan fingerprint density at radius 1 is 1.47 bits per heavy atom. The van der Waals surface area contributed by atoms with Crippen molar-refractivity contribution in [2.75, 3.05) is 6.54 Å². The van der Waals surface area contributed by atoms with E-state index in [0.717, 1.165) is 13.0 Å². The van der Waals surface area contributed by atoms with Gasteiger partial charge in [-0.05, 0) is 40.2 Å². The predicted octanol–water partition coefficient (Wildman–Crippen LogP) is 1.60. The van der Waals surface area contributed by atoms with E-state index in [2.05, 4.69) is 30.8 Å². The van der Waals surface area contributed by atoms with Gasteiger partial charge in [-0.1, -0.05) is 0 Å². The maximum absolute atomic E-state index is 6.34. The van der Waals surface area contributed by atoms with Crippen LogP contribution in [0.5, 0.6) is 0 Å². The van der Waals surface area contributed by atoms with Crippen LogP contribution in [-0.2, 0) is 7.05 Å². The Hall–Kier alpha value is -0.870. The van der Waals surface area contributed by atoms with E-state index in [-0.39, 0.29) is 6.04 Å². The second-order valence-corrected chi connectivity index (χ2v) is 5.39. The molecule has 17 heavy (non-hydrogen) atoms. The first-order valence-electron chi connectivity index (χ1n) is 6.52. The van der Waals surface area contributed by atoms with Crippen LogP contribution in [0.2, 0.25) is 0 Å². The molecule has 4 heteroatoms. The van der Waals surface area contributed by atoms with Crippen molar-refractivity contribution in [2.24, 2.45) is 12.8 Å². The molecule has 96 valence electrons. The van der Waals surface area contributed by atoms with Crippen molar-refractivity contribution in [3.8, 4) is 0 Å². The Balaban J connectivity index is 2.34. The van der Waals surface area contributed by atoms with Crippen LogP contribution < -0.4 is 5.73 Å². The summed E-state index contributed by atoms with van der Waals surface area (Å²) in [7, 11) is 1.99. The Bertz CT molecular complexity index is 383. The average molecular weight is 236 g/mol. The molecule has 0 spiro atoms. The van der Waals surface area contributed by atoms with Crippen LogP contribution in [0.4, 0.5) is 0 Å². The lowest BCUT2D eigenvalue weighted by Gasteiger charge is -2.42. The molecule has 1 aromatic rings. The topological polar surface area (TPSA) is 47.1 Å². The molecule has 1 fully saturated rings. The SMILES string of the molecule is Cc1c(C2C(N)CCCN2C(C)C)cnn1C. The second-order valence-electron chi connectivity index (χ2n) is 5.39. The highest BCUT2D eigenvalue weighted by Gasteiger charge is 2.33. The molecule has 0 aliphatic carbocycles. The summed E-state index contributed by atoms with van der Waals surface area (Å²) in [6, 6.07) is 1.09. The largest absolute Gasteiger partial charge is 0.326 e. The quantitative estimate of drug-likeness (QED) is 0.848. The van der Waals surface area contributed by atoms with Gasteiger partial charge in [-0.15, -0.1) is 0 Å². The highest BCUT2D eigenvalue weighted by atomic mass is 15.3. The monoisotopic (exact) mass is 236 g/mol. The van der Waals surface area contributed by atoms with E-state index >= 15 is 0 Å². The number of aromatic nitrogens is 2. The van der Waals surface area contributed by atoms with Crippen LogP contribution in [0.15, 0.2) is 6.20 Å². The molecule has 2 N–H and O–H groups in total. The number of aryl methyl sites for hydroxylation is 1. The molecule has 4 nitrogen and oxygen atoms in total. The molecule has 1 aliphatic heterocycles. The Morgan fingerprint density at radius 2 is 2.18 bits per heavy atom. The first-order chi connectivity index (χ1) is 8.02. The number of nitrogens with two attached hydrogens (primary N) is 1. The molecule has 0 aromatic carbocycles. The molecule has 2 heterocycles. The lowest BCUT2D eigenvalue weighted by Crippen LogP contribution is -2.48. The minimum atomic E-state index is 0.231. The molecule has 2 rings (SSSR count). The van der Waals surface area contributed by atoms with E-state index in [1.54, 1.807) is 0 Å². The van der Waals surface area contributed by atoms with Crippen LogP contribution in [0.25, 0.3) is 0 Å². The van der Waals surface area contributed by atoms with Gasteiger partial charge in [0.15, 0.2) is 0 Å². The van der Waals surface area contributed by atoms with Gasteiger partial charge in [0.2, 0.25) is 0 Å². The molecule has 1 aliphatic rings. The third-order valence-corrected chi connectivity index (χ3v) is 3.97. The molecular formula is C13H24N4. The van der Waals surface area contributed by atoms with Crippen molar-refractivity contribution < 1.29 is 0 Å². The number of hydrogen-bond acceptors (Lipinski definition) is 3. The molecule has 0 bridgehead atoms. The van der Waals surface area contributed by atoms with Crippen molar-refractivity contribution in [3.63, 3.8) is 0 Å². The number of rotatable bonds is 2. The Kier molecular flexibility index (Phi) is 3.54. The zero-order valence-corrected chi connectivity index (χ0v) is 11.3. The first-order valence-corrected chi connectivity index (χ1v) is 6.52. The van der Waals surface area contributed by atoms with Crippen LogP contribution in [0.1, 0.15) is 44.0 Å². The fourth-order valence-corrected chi connectivity index (χ4v) is 2.85. The summed E-state index contributed by atoms with van der Waals surface area (Å²) < 4.78 is 1.94. The van der Waals surface area contributed by atoms with E-state index in [4.69, 9.17) is 5.73 Å². The highest BCUT2D eigenvalue weighted by molar-refractivity contribution is 5.23. The van der Waals surface area contributed by atoms with E-state index in [1.807, 2.05) is 17.9 Å². The predicted molar refractivity (Wildman–Crippen MR) is 69.7 cm³/mol. The average Bonchev–Trinajstić information content (AvgIpc) is 2.60. The van der Waals surface area contributed by atoms with Crippen LogP contribution in [0.3, 0.4) is 0 Å². The molecule has 0 amide bonds. The number of nitrogens with zero attached hydrogens (tertiary/aromatic N) is 3. The smallest absolute Gasteiger partial charge is 0.0541 e. The lowest BCUT2D eigenvalue weighted by molar-refractivity contribution is 0.0942. The molecule has 1 saturated heterocycles. The van der Waals surface area contributed by atoms with Gasteiger partial charge in [-0.25, -0.2) is 0 Å². The highest BCUT2D eigenvalue weighted by Crippen LogP contribution is 2.33. The van der Waals surface area contributed by atoms with Gasteiger partial charge < -0.3 is 5.73 Å². The molecule has 0 saturated carbocycles. The Morgan fingerprint density at radius 3 is 2.71 bits per heavy atom. The normalized spacial score (nSPS) is 26.7. The van der Waals surface area contributed by atoms with Crippen molar-refractivity contribution in [3.05, 3.63) is 17.5 Å². The van der Waals surface area contributed by atoms with Gasteiger partial charge in [0.1, 0.15) is 0 Å². The molecule has 2 atom stereocenters. The van der Waals surface area contributed by atoms with E-state index in [0.29, 0.717) is 12.1 Å². The van der Waals surface area contributed by atoms with Crippen molar-refractivity contribution in [2.45, 2.75) is 51.7 Å². The summed E-state index contributed by atoms with van der Waals surface area (Å²) >= 11 is 0. The van der Waals surface area contributed by atoms with Crippen LogP contribution >= 0.6 is 0 Å². The zero-order chi connectivity index (χ0) is 12.6. The molecule has 2 unspecified atom stereocenters. The maximum Gasteiger partial charge on any atom is 0.0541 e. The summed E-state index contributed by atoms with van der Waals surface area (Å²) in [5.41, 5.74) is 8.87. The third-order valence-electron chi connectivity index (χ3n) is 3.97. The van der Waals surface area contributed by atoms with Gasteiger partial charge in [0, 0.05) is 30.4 Å². The minimum Gasteiger partial charge on any atom is -0.326 e. The molecular weight excluding hydrogens is 212 g/mol. The van der Waals surface area contributed by atoms with Crippen molar-refractivity contribution in [1.29, 1.82) is 0 Å². The maximum atomic E-state index is 6.34. The summed E-state index contributed by atoms with van der Waals surface area (Å²) in [6.07, 6.45) is 4.30. The summed E-state index contributed by atoms with van der Waals surface area (Å²) in [5.74, 6) is 0. The van der Waals surface area contributed by atoms with Crippen molar-refractivity contribution in [1.82, 2.24) is 14.7 Å². The van der Waals surface area contributed by atoms with Gasteiger partial charge in [0.25, 0.3) is 0 Å². The second kappa shape index (κ2) is 4.78. The minimum absolute atomic E-state index is 0.231. The van der Waals surface area contributed by atoms with Gasteiger partial charge in [-0.3, -0.25) is 9.58 Å². The third kappa shape index (κ3) is 2.24. The summed E-state index contributed by atoms with van der Waals surface area (Å²) in [6.45, 7) is 7.76. The fraction of sp³-hybridized carbons (Fsp3) is 0.769. The number of hydrogen-bond donors (Lipinski definition) is 1. The number of piperidine rings is 1. The van der Waals surface area contributed by atoms with Crippen LogP contribution in [0, 0.1) is 6.92 Å². The standard InChI is InChI=1S/C13H24N4/c1-9(2)17-7-5-6-12(14)13(17)11-8-15-16(4)10(11)3/h8-9,12-13H,5-7,14H2,1-4H3. The van der Waals surface area contributed by atoms with Crippen molar-refractivity contribution >= 4 is 0 Å². The summed E-state index contributed by atoms with van der Waals surface area (Å²) in [4.78, 5) is 2.51. The Labute approximate surface area is 104 Å². The van der Waals surface area contributed by atoms with Gasteiger partial charge >= 0.3 is 0 Å². The number of likely N-dealkylation sites (tertiary alicyclic amines) is 1. The van der Waals surface area contributed by atoms with E-state index in [9.17, 15) is 0 Å².